The molecule has 108 valence electrons. The lowest BCUT2D eigenvalue weighted by Gasteiger charge is -2.03. The molecule has 4 nitrogen and oxygen atoms in total. The van der Waals surface area contributed by atoms with Gasteiger partial charge in [-0.1, -0.05) is 13.8 Å². The highest BCUT2D eigenvalue weighted by molar-refractivity contribution is 5.54. The van der Waals surface area contributed by atoms with E-state index >= 15 is 0 Å². The molecular formula is C15H26NO3+. The number of allylic oxidation sites excluding steroid dienone is 1. The van der Waals surface area contributed by atoms with Crippen LogP contribution in [0.15, 0.2) is 30.5 Å². The summed E-state index contributed by atoms with van der Waals surface area (Å²) in [7, 11) is 2.53. The molecule has 0 aliphatic rings. The topological polar surface area (TPSA) is 52.7 Å². The van der Waals surface area contributed by atoms with E-state index in [-0.39, 0.29) is 5.75 Å². The zero-order chi connectivity index (χ0) is 15.3. The third-order valence-corrected chi connectivity index (χ3v) is 2.05. The van der Waals surface area contributed by atoms with Gasteiger partial charge in [-0.2, -0.15) is 4.58 Å². The van der Waals surface area contributed by atoms with Crippen LogP contribution in [0.4, 0.5) is 5.69 Å². The fourth-order valence-electron chi connectivity index (χ4n) is 1.32. The first-order valence-corrected chi connectivity index (χ1v) is 6.25. The van der Waals surface area contributed by atoms with E-state index in [1.807, 2.05) is 56.8 Å². The minimum atomic E-state index is 0.145. The van der Waals surface area contributed by atoms with Gasteiger partial charge in [-0.25, -0.2) is 0 Å². The lowest BCUT2D eigenvalue weighted by molar-refractivity contribution is -0.355. The Morgan fingerprint density at radius 1 is 1.16 bits per heavy atom. The molecule has 0 aliphatic heterocycles. The molecule has 0 aromatic heterocycles. The van der Waals surface area contributed by atoms with Crippen molar-refractivity contribution in [2.24, 2.45) is 0 Å². The number of aliphatic hydroxyl groups excluding tert-OH is 1. The Kier molecular flexibility index (Phi) is 13.0. The third-order valence-electron chi connectivity index (χ3n) is 2.05. The van der Waals surface area contributed by atoms with E-state index in [4.69, 9.17) is 9.84 Å². The predicted octanol–water partition coefficient (Wildman–Crippen LogP) is 3.30. The molecule has 4 heteroatoms. The molecule has 0 spiro atoms. The lowest BCUT2D eigenvalue weighted by atomic mass is 10.2. The number of nitrogens with zero attached hydrogens (tertiary/aromatic N) is 1. The van der Waals surface area contributed by atoms with Gasteiger partial charge in [-0.05, 0) is 19.1 Å². The van der Waals surface area contributed by atoms with Crippen LogP contribution < -0.4 is 4.74 Å². The second-order valence-corrected chi connectivity index (χ2v) is 3.00. The molecule has 0 fully saturated rings. The minimum Gasteiger partial charge on any atom is -0.504 e. The van der Waals surface area contributed by atoms with Crippen LogP contribution in [0.3, 0.4) is 0 Å². The summed E-state index contributed by atoms with van der Waals surface area (Å²) in [5.74, 6) is 0.627. The van der Waals surface area contributed by atoms with E-state index in [0.29, 0.717) is 5.75 Å². The van der Waals surface area contributed by atoms with Crippen LogP contribution in [0.5, 0.6) is 11.5 Å². The third kappa shape index (κ3) is 6.62. The van der Waals surface area contributed by atoms with E-state index in [1.165, 1.54) is 7.11 Å². The van der Waals surface area contributed by atoms with E-state index < -0.39 is 0 Å². The number of aliphatic hydroxyl groups is 1. The maximum absolute atomic E-state index is 9.61. The summed E-state index contributed by atoms with van der Waals surface area (Å²) in [5, 5.41) is 16.6. The lowest BCUT2D eigenvalue weighted by Crippen LogP contribution is -1.96. The second-order valence-electron chi connectivity index (χ2n) is 3.00. The van der Waals surface area contributed by atoms with Crippen LogP contribution in [-0.4, -0.2) is 35.2 Å². The fourth-order valence-corrected chi connectivity index (χ4v) is 1.32. The molecule has 0 saturated heterocycles. The summed E-state index contributed by atoms with van der Waals surface area (Å²) in [6.07, 6.45) is 5.77. The van der Waals surface area contributed by atoms with Crippen molar-refractivity contribution >= 4 is 11.9 Å². The molecule has 0 unspecified atom stereocenters. The van der Waals surface area contributed by atoms with Gasteiger partial charge in [0.25, 0.3) is 0 Å². The number of aromatic hydroxyl groups is 1. The number of phenolic OH excluding ortho intramolecular Hbond substituents is 1. The summed E-state index contributed by atoms with van der Waals surface area (Å²) in [5.41, 5.74) is 0.897. The molecule has 2 N–H and O–H groups in total. The molecule has 0 radical (unpaired) electrons. The average molecular weight is 268 g/mol. The maximum Gasteiger partial charge on any atom is 0.214 e. The van der Waals surface area contributed by atoms with Crippen molar-refractivity contribution in [1.82, 2.24) is 0 Å². The van der Waals surface area contributed by atoms with Crippen LogP contribution in [0, 0.1) is 0 Å². The number of phenols is 1. The van der Waals surface area contributed by atoms with Crippen LogP contribution in [0.25, 0.3) is 0 Å². The molecule has 0 aliphatic carbocycles. The Hall–Kier alpha value is -1.81. The minimum absolute atomic E-state index is 0.145. The molecule has 1 aromatic carbocycles. The molecular weight excluding hydrogens is 242 g/mol. The van der Waals surface area contributed by atoms with Crippen LogP contribution in [0.2, 0.25) is 0 Å². The highest BCUT2D eigenvalue weighted by atomic mass is 16.5. The highest BCUT2D eigenvalue weighted by Gasteiger charge is 2.09. The first-order valence-electron chi connectivity index (χ1n) is 6.25. The number of hydrogen-bond acceptors (Lipinski definition) is 3. The zero-order valence-corrected chi connectivity index (χ0v) is 12.7. The molecule has 19 heavy (non-hydrogen) atoms. The van der Waals surface area contributed by atoms with Gasteiger partial charge in [0.05, 0.1) is 13.2 Å². The second kappa shape index (κ2) is 12.6. The van der Waals surface area contributed by atoms with Crippen molar-refractivity contribution < 1.29 is 19.5 Å². The van der Waals surface area contributed by atoms with Gasteiger partial charge in [0.2, 0.25) is 5.69 Å². The first kappa shape index (κ1) is 19.5. The van der Waals surface area contributed by atoms with Crippen LogP contribution in [-0.2, 0) is 0 Å². The van der Waals surface area contributed by atoms with Gasteiger partial charge in [0, 0.05) is 20.1 Å². The monoisotopic (exact) mass is 268 g/mol. The van der Waals surface area contributed by atoms with Crippen molar-refractivity contribution in [2.45, 2.75) is 27.7 Å². The van der Waals surface area contributed by atoms with Gasteiger partial charge in [0.1, 0.15) is 6.21 Å². The maximum atomic E-state index is 9.61. The number of benzene rings is 1. The molecule has 0 atom stereocenters. The Morgan fingerprint density at radius 3 is 2.11 bits per heavy atom. The summed E-state index contributed by atoms with van der Waals surface area (Å²) in [6, 6.07) is 5.29. The Bertz CT molecular complexity index is 398. The fraction of sp³-hybridized carbons (Fsp3) is 0.400. The summed E-state index contributed by atoms with van der Waals surface area (Å²) < 4.78 is 6.89. The quantitative estimate of drug-likeness (QED) is 0.653. The van der Waals surface area contributed by atoms with Crippen molar-refractivity contribution in [3.63, 3.8) is 0 Å². The molecule has 0 saturated carbocycles. The van der Waals surface area contributed by atoms with Gasteiger partial charge < -0.3 is 14.9 Å². The average Bonchev–Trinajstić information content (AvgIpc) is 2.49. The van der Waals surface area contributed by atoms with E-state index in [9.17, 15) is 5.11 Å². The predicted molar refractivity (Wildman–Crippen MR) is 80.6 cm³/mol. The molecule has 0 bridgehead atoms. The van der Waals surface area contributed by atoms with Gasteiger partial charge in [-0.3, -0.25) is 0 Å². The van der Waals surface area contributed by atoms with Gasteiger partial charge in [0.15, 0.2) is 17.7 Å². The van der Waals surface area contributed by atoms with Gasteiger partial charge in [-0.15, -0.1) is 0 Å². The highest BCUT2D eigenvalue weighted by Crippen LogP contribution is 2.29. The van der Waals surface area contributed by atoms with E-state index in [2.05, 4.69) is 0 Å². The standard InChI is InChI=1S/C12H15NO2.C2H6.CH4O/c1-4-8-13(5-2)10-6-7-12(15-3)11(14)9-10;2*1-2/h4-9H,1-3H3;1-2H3;2H,1H3/p+1/b8-4-,13-5?;;. The normalized spacial score (nSPS) is 10.2. The summed E-state index contributed by atoms with van der Waals surface area (Å²) >= 11 is 0. The first-order chi connectivity index (χ1) is 9.22. The number of rotatable bonds is 3. The van der Waals surface area contributed by atoms with Crippen molar-refractivity contribution in [2.75, 3.05) is 14.2 Å². The zero-order valence-electron chi connectivity index (χ0n) is 12.7. The number of hydrogen-bond donors (Lipinski definition) is 2. The van der Waals surface area contributed by atoms with Crippen LogP contribution in [0.1, 0.15) is 27.7 Å². The molecule has 1 aromatic rings. The van der Waals surface area contributed by atoms with Crippen molar-refractivity contribution in [1.29, 1.82) is 0 Å². The summed E-state index contributed by atoms with van der Waals surface area (Å²) in [4.78, 5) is 0. The van der Waals surface area contributed by atoms with Gasteiger partial charge >= 0.3 is 0 Å². The molecule has 0 amide bonds. The molecule has 0 heterocycles. The van der Waals surface area contributed by atoms with E-state index in [0.717, 1.165) is 12.8 Å². The van der Waals surface area contributed by atoms with E-state index in [1.54, 1.807) is 12.1 Å². The number of methoxy groups -OCH3 is 1. The van der Waals surface area contributed by atoms with Crippen LogP contribution >= 0.6 is 0 Å². The Morgan fingerprint density at radius 2 is 1.74 bits per heavy atom. The summed E-state index contributed by atoms with van der Waals surface area (Å²) in [6.45, 7) is 7.88. The SMILES string of the molecule is CC.CC=[N+](/C=C\C)c1ccc(OC)c(O)c1.CO. The van der Waals surface area contributed by atoms with Crippen molar-refractivity contribution in [3.8, 4) is 11.5 Å². The Balaban J connectivity index is 0. The Labute approximate surface area is 116 Å². The smallest absolute Gasteiger partial charge is 0.214 e. The largest absolute Gasteiger partial charge is 0.504 e. The number of ether oxygens (including phenoxy) is 1. The molecule has 1 rings (SSSR count). The van der Waals surface area contributed by atoms with Crippen molar-refractivity contribution in [3.05, 3.63) is 30.5 Å².